The molecule has 94 valence electrons. The minimum atomic E-state index is -0.733. The first kappa shape index (κ1) is 12.8. The summed E-state index contributed by atoms with van der Waals surface area (Å²) in [6.45, 7) is 1.55. The highest BCUT2D eigenvalue weighted by Gasteiger charge is 2.13. The maximum atomic E-state index is 13.7. The summed E-state index contributed by atoms with van der Waals surface area (Å²) in [6, 6.07) is 3.19. The maximum absolute atomic E-state index is 13.7. The highest BCUT2D eigenvalue weighted by Crippen LogP contribution is 2.24. The molecule has 1 aromatic heterocycles. The Morgan fingerprint density at radius 2 is 2.06 bits per heavy atom. The first-order valence-corrected chi connectivity index (χ1v) is 6.35. The van der Waals surface area contributed by atoms with Crippen molar-refractivity contribution in [3.63, 3.8) is 0 Å². The van der Waals surface area contributed by atoms with Crippen molar-refractivity contribution in [2.45, 2.75) is 12.1 Å². The Morgan fingerprint density at radius 3 is 2.67 bits per heavy atom. The van der Waals surface area contributed by atoms with Gasteiger partial charge in [0, 0.05) is 17.2 Å². The van der Waals surface area contributed by atoms with Crippen LogP contribution in [0.15, 0.2) is 28.2 Å². The number of aromatic amines is 1. The van der Waals surface area contributed by atoms with Gasteiger partial charge in [-0.3, -0.25) is 4.79 Å². The lowest BCUT2D eigenvalue weighted by molar-refractivity contribution is 0.585. The zero-order valence-electron chi connectivity index (χ0n) is 9.75. The fourth-order valence-corrected chi connectivity index (χ4v) is 1.93. The van der Waals surface area contributed by atoms with E-state index in [-0.39, 0.29) is 16.8 Å². The number of nitrogens with one attached hydrogen (secondary N) is 1. The summed E-state index contributed by atoms with van der Waals surface area (Å²) >= 11 is 1.25. The summed E-state index contributed by atoms with van der Waals surface area (Å²) in [6.07, 6.45) is 1.75. The normalized spacial score (nSPS) is 10.7. The lowest BCUT2D eigenvalue weighted by Gasteiger charge is -2.07. The summed E-state index contributed by atoms with van der Waals surface area (Å²) in [4.78, 5) is 18.4. The molecule has 0 unspecified atom stereocenters. The van der Waals surface area contributed by atoms with Crippen molar-refractivity contribution in [1.82, 2.24) is 9.97 Å². The van der Waals surface area contributed by atoms with E-state index in [2.05, 4.69) is 9.97 Å². The average Bonchev–Trinajstić information content (AvgIpc) is 2.33. The summed E-state index contributed by atoms with van der Waals surface area (Å²) in [5.74, 6) is -1.40. The molecule has 3 nitrogen and oxygen atoms in total. The van der Waals surface area contributed by atoms with Crippen LogP contribution in [0.5, 0.6) is 0 Å². The first-order valence-electron chi connectivity index (χ1n) is 5.13. The Hall–Kier alpha value is -1.69. The molecule has 6 heteroatoms. The summed E-state index contributed by atoms with van der Waals surface area (Å²) in [7, 11) is 0. The second kappa shape index (κ2) is 4.89. The molecule has 0 spiro atoms. The molecule has 0 aliphatic carbocycles. The van der Waals surface area contributed by atoms with Crippen LogP contribution in [0.4, 0.5) is 8.78 Å². The van der Waals surface area contributed by atoms with Crippen LogP contribution in [-0.2, 0) is 0 Å². The largest absolute Gasteiger partial charge is 0.301 e. The predicted molar refractivity (Wildman–Crippen MR) is 66.7 cm³/mol. The van der Waals surface area contributed by atoms with E-state index < -0.39 is 11.6 Å². The highest BCUT2D eigenvalue weighted by molar-refractivity contribution is 7.98. The number of hydrogen-bond donors (Lipinski definition) is 1. The predicted octanol–water partition coefficient (Wildman–Crippen LogP) is 2.75. The SMILES string of the molecule is CSc1nc(-c2ccc(F)cc2F)c(C)c(=O)[nH]1. The van der Waals surface area contributed by atoms with Crippen molar-refractivity contribution in [3.8, 4) is 11.3 Å². The van der Waals surface area contributed by atoms with Crippen LogP contribution in [0, 0.1) is 18.6 Å². The molecular weight excluding hydrogens is 258 g/mol. The number of benzene rings is 1. The molecule has 0 saturated carbocycles. The number of H-pyrrole nitrogens is 1. The average molecular weight is 268 g/mol. The van der Waals surface area contributed by atoms with E-state index in [1.54, 1.807) is 13.2 Å². The zero-order valence-corrected chi connectivity index (χ0v) is 10.6. The molecule has 1 heterocycles. The lowest BCUT2D eigenvalue weighted by atomic mass is 10.1. The van der Waals surface area contributed by atoms with Crippen LogP contribution in [0.1, 0.15) is 5.56 Å². The van der Waals surface area contributed by atoms with E-state index in [0.29, 0.717) is 10.7 Å². The molecule has 0 bridgehead atoms. The maximum Gasteiger partial charge on any atom is 0.255 e. The molecule has 0 saturated heterocycles. The molecule has 0 aliphatic rings. The van der Waals surface area contributed by atoms with Crippen molar-refractivity contribution in [2.75, 3.05) is 6.26 Å². The van der Waals surface area contributed by atoms with E-state index in [1.165, 1.54) is 17.8 Å². The molecular formula is C12H10F2N2OS. The minimum Gasteiger partial charge on any atom is -0.301 e. The van der Waals surface area contributed by atoms with Gasteiger partial charge in [-0.25, -0.2) is 13.8 Å². The van der Waals surface area contributed by atoms with Gasteiger partial charge < -0.3 is 4.98 Å². The molecule has 0 fully saturated rings. The van der Waals surface area contributed by atoms with Crippen LogP contribution in [0.2, 0.25) is 0 Å². The standard InChI is InChI=1S/C12H10F2N2OS/c1-6-10(15-12(18-2)16-11(6)17)8-4-3-7(13)5-9(8)14/h3-5H,1-2H3,(H,15,16,17). The molecule has 18 heavy (non-hydrogen) atoms. The fourth-order valence-electron chi connectivity index (χ4n) is 1.55. The van der Waals surface area contributed by atoms with Crippen molar-refractivity contribution in [2.24, 2.45) is 0 Å². The van der Waals surface area contributed by atoms with Crippen molar-refractivity contribution < 1.29 is 8.78 Å². The molecule has 2 aromatic rings. The van der Waals surface area contributed by atoms with Crippen molar-refractivity contribution in [3.05, 3.63) is 45.8 Å². The van der Waals surface area contributed by atoms with Gasteiger partial charge in [-0.05, 0) is 25.3 Å². The quantitative estimate of drug-likeness (QED) is 0.673. The monoisotopic (exact) mass is 268 g/mol. The third-order valence-corrected chi connectivity index (χ3v) is 3.09. The van der Waals surface area contributed by atoms with Crippen molar-refractivity contribution >= 4 is 11.8 Å². The second-order valence-corrected chi connectivity index (χ2v) is 4.47. The number of thioether (sulfide) groups is 1. The van der Waals surface area contributed by atoms with Crippen LogP contribution in [0.25, 0.3) is 11.3 Å². The Labute approximate surface area is 106 Å². The van der Waals surface area contributed by atoms with Crippen LogP contribution in [-0.4, -0.2) is 16.2 Å². The van der Waals surface area contributed by atoms with Gasteiger partial charge in [0.25, 0.3) is 5.56 Å². The molecule has 1 N–H and O–H groups in total. The van der Waals surface area contributed by atoms with Gasteiger partial charge in [0.2, 0.25) is 0 Å². The van der Waals surface area contributed by atoms with Gasteiger partial charge in [-0.15, -0.1) is 0 Å². The fraction of sp³-hybridized carbons (Fsp3) is 0.167. The Morgan fingerprint density at radius 1 is 1.33 bits per heavy atom. The summed E-state index contributed by atoms with van der Waals surface area (Å²) < 4.78 is 26.5. The van der Waals surface area contributed by atoms with E-state index in [4.69, 9.17) is 0 Å². The Balaban J connectivity index is 2.70. The number of hydrogen-bond acceptors (Lipinski definition) is 3. The van der Waals surface area contributed by atoms with Gasteiger partial charge in [-0.2, -0.15) is 0 Å². The number of aromatic nitrogens is 2. The van der Waals surface area contributed by atoms with Gasteiger partial charge in [0.05, 0.1) is 5.69 Å². The summed E-state index contributed by atoms with van der Waals surface area (Å²) in [5.41, 5.74) is 0.335. The third-order valence-electron chi connectivity index (χ3n) is 2.51. The number of halogens is 2. The first-order chi connectivity index (χ1) is 8.52. The van der Waals surface area contributed by atoms with Gasteiger partial charge >= 0.3 is 0 Å². The molecule has 1 aromatic carbocycles. The summed E-state index contributed by atoms with van der Waals surface area (Å²) in [5, 5.41) is 0.393. The van der Waals surface area contributed by atoms with Gasteiger partial charge in [-0.1, -0.05) is 11.8 Å². The smallest absolute Gasteiger partial charge is 0.255 e. The second-order valence-electron chi connectivity index (χ2n) is 3.67. The van der Waals surface area contributed by atoms with E-state index >= 15 is 0 Å². The molecule has 0 aliphatic heterocycles. The van der Waals surface area contributed by atoms with Crippen molar-refractivity contribution in [1.29, 1.82) is 0 Å². The molecule has 0 amide bonds. The Kier molecular flexibility index (Phi) is 3.47. The molecule has 0 atom stereocenters. The van der Waals surface area contributed by atoms with Gasteiger partial charge in [0.1, 0.15) is 11.6 Å². The topological polar surface area (TPSA) is 45.8 Å². The lowest BCUT2D eigenvalue weighted by Crippen LogP contribution is -2.14. The van der Waals surface area contributed by atoms with Crippen LogP contribution in [0.3, 0.4) is 0 Å². The molecule has 0 radical (unpaired) electrons. The van der Waals surface area contributed by atoms with Crippen LogP contribution < -0.4 is 5.56 Å². The highest BCUT2D eigenvalue weighted by atomic mass is 32.2. The molecule has 2 rings (SSSR count). The minimum absolute atomic E-state index is 0.121. The van der Waals surface area contributed by atoms with E-state index in [0.717, 1.165) is 12.1 Å². The van der Waals surface area contributed by atoms with Crippen LogP contribution >= 0.6 is 11.8 Å². The third kappa shape index (κ3) is 2.28. The number of rotatable bonds is 2. The Bertz CT molecular complexity index is 655. The van der Waals surface area contributed by atoms with Gasteiger partial charge in [0.15, 0.2) is 5.16 Å². The number of nitrogens with zero attached hydrogens (tertiary/aromatic N) is 1. The van der Waals surface area contributed by atoms with E-state index in [9.17, 15) is 13.6 Å². The zero-order chi connectivity index (χ0) is 13.3. The van der Waals surface area contributed by atoms with E-state index in [1.807, 2.05) is 0 Å².